The molecule has 0 aliphatic rings. The van der Waals surface area contributed by atoms with Crippen LogP contribution in [0.3, 0.4) is 0 Å². The number of rotatable bonds is 5. The van der Waals surface area contributed by atoms with Crippen LogP contribution in [0.2, 0.25) is 5.09 Å². The van der Waals surface area contributed by atoms with Gasteiger partial charge in [-0.25, -0.2) is 0 Å². The van der Waals surface area contributed by atoms with Crippen LogP contribution >= 0.6 is 0 Å². The van der Waals surface area contributed by atoms with Crippen LogP contribution in [0.15, 0.2) is 30.3 Å². The van der Waals surface area contributed by atoms with Crippen LogP contribution in [-0.4, -0.2) is 36.2 Å². The second kappa shape index (κ2) is 6.26. The monoisotopic (exact) mass is 169 g/mol. The molecule has 0 unspecified atom stereocenters. The molecule has 0 spiro atoms. The van der Waals surface area contributed by atoms with Crippen molar-refractivity contribution < 1.29 is 0 Å². The second-order valence-corrected chi connectivity index (χ2v) is 3.58. The van der Waals surface area contributed by atoms with E-state index in [0.717, 1.165) is 6.54 Å². The van der Waals surface area contributed by atoms with Gasteiger partial charge in [0.2, 0.25) is 0 Å². The Morgan fingerprint density at radius 2 is 1.92 bits per heavy atom. The van der Waals surface area contributed by atoms with Gasteiger partial charge in [-0.2, -0.15) is 0 Å². The number of hydrogen-bond acceptors (Lipinski definition) is 1. The minimum absolute atomic E-state index is 1.07. The first-order valence-electron chi connectivity index (χ1n) is 5.05. The summed E-state index contributed by atoms with van der Waals surface area (Å²) in [5.74, 6) is 0. The quantitative estimate of drug-likeness (QED) is 0.610. The van der Waals surface area contributed by atoms with Gasteiger partial charge in [0.1, 0.15) is 0 Å². The predicted octanol–water partition coefficient (Wildman–Crippen LogP) is 2.10. The summed E-state index contributed by atoms with van der Waals surface area (Å²) in [5.41, 5.74) is 1.40. The molecule has 0 aromatic heterocycles. The molecule has 1 aromatic carbocycles. The second-order valence-electron chi connectivity index (χ2n) is 3.58. The molecule has 0 bridgehead atoms. The number of nitrogens with zero attached hydrogens (tertiary/aromatic N) is 1. The van der Waals surface area contributed by atoms with E-state index in [1.165, 1.54) is 23.6 Å². The third kappa shape index (κ3) is 4.52. The van der Waals surface area contributed by atoms with Crippen molar-refractivity contribution in [1.82, 2.24) is 4.90 Å². The normalized spacial score (nSPS) is 10.8. The Morgan fingerprint density at radius 1 is 1.23 bits per heavy atom. The topological polar surface area (TPSA) is 3.24 Å². The van der Waals surface area contributed by atoms with Crippen LogP contribution in [0.5, 0.6) is 0 Å². The summed E-state index contributed by atoms with van der Waals surface area (Å²) in [5, 5.41) is 1.28. The van der Waals surface area contributed by atoms with Gasteiger partial charge in [0.15, 0.2) is 0 Å². The SMILES string of the molecule is [Li][CH2]CCN(C)Cc1ccccc1. The molecule has 0 fully saturated rings. The van der Waals surface area contributed by atoms with Gasteiger partial charge < -0.3 is 0 Å². The molecule has 0 saturated heterocycles. The molecule has 0 atom stereocenters. The molecule has 0 aliphatic carbocycles. The molecule has 1 rings (SSSR count). The molecule has 0 N–H and O–H groups in total. The molecule has 0 radical (unpaired) electrons. The Morgan fingerprint density at radius 3 is 2.54 bits per heavy atom. The summed E-state index contributed by atoms with van der Waals surface area (Å²) in [6.45, 7) is 2.27. The average Bonchev–Trinajstić information content (AvgIpc) is 2.16. The van der Waals surface area contributed by atoms with E-state index in [4.69, 9.17) is 0 Å². The Balaban J connectivity index is 2.32. The van der Waals surface area contributed by atoms with Crippen molar-refractivity contribution in [1.29, 1.82) is 0 Å². The molecule has 13 heavy (non-hydrogen) atoms. The number of benzene rings is 1. The average molecular weight is 169 g/mol. The van der Waals surface area contributed by atoms with Crippen LogP contribution in [0, 0.1) is 0 Å². The zero-order chi connectivity index (χ0) is 9.52. The third-order valence-corrected chi connectivity index (χ3v) is 2.19. The van der Waals surface area contributed by atoms with Gasteiger partial charge in [0.25, 0.3) is 0 Å². The molecule has 1 nitrogen and oxygen atoms in total. The van der Waals surface area contributed by atoms with Crippen molar-refractivity contribution in [2.45, 2.75) is 18.1 Å². The van der Waals surface area contributed by atoms with Crippen molar-refractivity contribution in [2.75, 3.05) is 13.6 Å². The fraction of sp³-hybridized carbons (Fsp3) is 0.455. The fourth-order valence-electron chi connectivity index (χ4n) is 1.40. The molecular weight excluding hydrogens is 153 g/mol. The Hall–Kier alpha value is -0.223. The molecule has 1 aromatic rings. The van der Waals surface area contributed by atoms with E-state index in [1.54, 1.807) is 0 Å². The maximum atomic E-state index is 2.37. The Bertz CT molecular complexity index is 223. The van der Waals surface area contributed by atoms with Gasteiger partial charge in [-0.1, -0.05) is 0 Å². The molecule has 2 heteroatoms. The summed E-state index contributed by atoms with van der Waals surface area (Å²) in [6.07, 6.45) is 1.29. The zero-order valence-electron chi connectivity index (χ0n) is 8.66. The van der Waals surface area contributed by atoms with Gasteiger partial charge in [0.05, 0.1) is 0 Å². The summed E-state index contributed by atoms with van der Waals surface area (Å²) < 4.78 is 0. The van der Waals surface area contributed by atoms with Crippen LogP contribution in [0.1, 0.15) is 12.0 Å². The molecule has 0 amide bonds. The van der Waals surface area contributed by atoms with E-state index < -0.39 is 0 Å². The van der Waals surface area contributed by atoms with Crippen molar-refractivity contribution in [3.05, 3.63) is 35.9 Å². The van der Waals surface area contributed by atoms with E-state index in [9.17, 15) is 0 Å². The molecular formula is C11H16LiN. The van der Waals surface area contributed by atoms with Gasteiger partial charge >= 0.3 is 90.2 Å². The summed E-state index contributed by atoms with van der Waals surface area (Å²) >= 11 is 2.23. The predicted molar refractivity (Wildman–Crippen MR) is 58.0 cm³/mol. The van der Waals surface area contributed by atoms with E-state index >= 15 is 0 Å². The van der Waals surface area contributed by atoms with Gasteiger partial charge in [0, 0.05) is 0 Å². The summed E-state index contributed by atoms with van der Waals surface area (Å²) in [7, 11) is 2.18. The Labute approximate surface area is 90.3 Å². The van der Waals surface area contributed by atoms with E-state index in [2.05, 4.69) is 60.0 Å². The van der Waals surface area contributed by atoms with Gasteiger partial charge in [-0.15, -0.1) is 0 Å². The molecule has 0 heterocycles. The van der Waals surface area contributed by atoms with Crippen LogP contribution in [-0.2, 0) is 6.54 Å². The number of hydrogen-bond donors (Lipinski definition) is 0. The fourth-order valence-corrected chi connectivity index (χ4v) is 1.40. The zero-order valence-corrected chi connectivity index (χ0v) is 8.66. The first-order valence-corrected chi connectivity index (χ1v) is 5.05. The van der Waals surface area contributed by atoms with Crippen LogP contribution < -0.4 is 0 Å². The first-order chi connectivity index (χ1) is 6.33. The van der Waals surface area contributed by atoms with Crippen molar-refractivity contribution in [2.24, 2.45) is 0 Å². The van der Waals surface area contributed by atoms with Crippen molar-refractivity contribution in [3.63, 3.8) is 0 Å². The molecule has 0 aliphatic heterocycles. The maximum absolute atomic E-state index is 2.37. The van der Waals surface area contributed by atoms with Crippen molar-refractivity contribution in [3.8, 4) is 0 Å². The van der Waals surface area contributed by atoms with Crippen molar-refractivity contribution >= 4 is 17.7 Å². The van der Waals surface area contributed by atoms with Crippen LogP contribution in [0.4, 0.5) is 0 Å². The third-order valence-electron chi connectivity index (χ3n) is 2.19. The Kier molecular flexibility index (Phi) is 5.23. The first kappa shape index (κ1) is 10.9. The standard InChI is InChI=1S/C11H16N.Li/c1-3-9-12(2)10-11-7-5-4-6-8-11;/h4-8H,1,3,9-10H2,2H3;. The minimum atomic E-state index is 1.07. The van der Waals surface area contributed by atoms with E-state index in [-0.39, 0.29) is 0 Å². The molecule has 0 saturated carbocycles. The van der Waals surface area contributed by atoms with E-state index in [0.29, 0.717) is 0 Å². The van der Waals surface area contributed by atoms with Gasteiger partial charge in [-0.05, 0) is 0 Å². The molecule has 66 valence electrons. The van der Waals surface area contributed by atoms with E-state index in [1.807, 2.05) is 0 Å². The summed E-state index contributed by atoms with van der Waals surface area (Å²) in [6, 6.07) is 10.6. The summed E-state index contributed by atoms with van der Waals surface area (Å²) in [4.78, 5) is 2.37. The van der Waals surface area contributed by atoms with Gasteiger partial charge in [-0.3, -0.25) is 0 Å². The van der Waals surface area contributed by atoms with Crippen LogP contribution in [0.25, 0.3) is 0 Å².